The number of benzene rings is 1. The van der Waals surface area contributed by atoms with Crippen molar-refractivity contribution in [2.24, 2.45) is 0 Å². The maximum atomic E-state index is 5.77. The summed E-state index contributed by atoms with van der Waals surface area (Å²) in [6.07, 6.45) is 0. The fourth-order valence-electron chi connectivity index (χ4n) is 1.77. The molecule has 0 aliphatic rings. The van der Waals surface area contributed by atoms with Crippen molar-refractivity contribution in [3.8, 4) is 0 Å². The van der Waals surface area contributed by atoms with E-state index in [9.17, 15) is 0 Å². The normalized spacial score (nSPS) is 11.2. The molecule has 0 spiro atoms. The van der Waals surface area contributed by atoms with Gasteiger partial charge in [-0.2, -0.15) is 0 Å². The number of nitrogens with two attached hydrogens (primary N) is 1. The molecule has 0 fully saturated rings. The number of thiazole rings is 1. The molecule has 0 aliphatic heterocycles. The van der Waals surface area contributed by atoms with Gasteiger partial charge in [0.2, 0.25) is 0 Å². The maximum absolute atomic E-state index is 5.77. The van der Waals surface area contributed by atoms with E-state index in [0.29, 0.717) is 6.04 Å². The van der Waals surface area contributed by atoms with Gasteiger partial charge < -0.3 is 10.6 Å². The first kappa shape index (κ1) is 11.2. The van der Waals surface area contributed by atoms with Crippen LogP contribution in [0.25, 0.3) is 10.2 Å². The second-order valence-electron chi connectivity index (χ2n) is 4.10. The second kappa shape index (κ2) is 4.29. The fourth-order valence-corrected chi connectivity index (χ4v) is 2.98. The average Bonchev–Trinajstić information content (AvgIpc) is 2.60. The van der Waals surface area contributed by atoms with Crippen molar-refractivity contribution in [1.82, 2.24) is 4.98 Å². The summed E-state index contributed by atoms with van der Waals surface area (Å²) in [5.41, 5.74) is 7.60. The second-order valence-corrected chi connectivity index (χ2v) is 5.11. The fraction of sp³-hybridized carbons (Fsp3) is 0.417. The van der Waals surface area contributed by atoms with Crippen molar-refractivity contribution in [2.75, 3.05) is 17.2 Å². The molecule has 0 amide bonds. The van der Waals surface area contributed by atoms with Crippen LogP contribution in [-0.2, 0) is 0 Å². The van der Waals surface area contributed by atoms with E-state index in [2.05, 4.69) is 30.7 Å². The van der Waals surface area contributed by atoms with Crippen LogP contribution >= 0.6 is 11.3 Å². The summed E-state index contributed by atoms with van der Waals surface area (Å²) < 4.78 is 1.16. The highest BCUT2D eigenvalue weighted by molar-refractivity contribution is 7.22. The monoisotopic (exact) mass is 235 g/mol. The van der Waals surface area contributed by atoms with Crippen molar-refractivity contribution in [2.45, 2.75) is 26.8 Å². The summed E-state index contributed by atoms with van der Waals surface area (Å²) in [6.45, 7) is 7.50. The lowest BCUT2D eigenvalue weighted by atomic mass is 10.3. The van der Waals surface area contributed by atoms with Gasteiger partial charge >= 0.3 is 0 Å². The van der Waals surface area contributed by atoms with Crippen molar-refractivity contribution in [1.29, 1.82) is 0 Å². The quantitative estimate of drug-likeness (QED) is 0.831. The zero-order valence-electron chi connectivity index (χ0n) is 9.90. The minimum atomic E-state index is 0.475. The van der Waals surface area contributed by atoms with Crippen LogP contribution < -0.4 is 10.6 Å². The summed E-state index contributed by atoms with van der Waals surface area (Å²) in [7, 11) is 0. The number of aromatic nitrogens is 1. The molecule has 0 saturated carbocycles. The molecular formula is C12H17N3S. The van der Waals surface area contributed by atoms with Gasteiger partial charge in [0.05, 0.1) is 10.2 Å². The summed E-state index contributed by atoms with van der Waals surface area (Å²) in [4.78, 5) is 6.93. The van der Waals surface area contributed by atoms with Crippen LogP contribution in [0.1, 0.15) is 20.8 Å². The third-order valence-electron chi connectivity index (χ3n) is 2.61. The Hall–Kier alpha value is -1.29. The molecule has 1 heterocycles. The zero-order chi connectivity index (χ0) is 11.7. The van der Waals surface area contributed by atoms with Gasteiger partial charge in [-0.25, -0.2) is 4.98 Å². The first-order valence-corrected chi connectivity index (χ1v) is 6.36. The van der Waals surface area contributed by atoms with E-state index in [1.807, 2.05) is 18.2 Å². The Bertz CT molecular complexity index is 490. The Labute approximate surface area is 99.9 Å². The van der Waals surface area contributed by atoms with E-state index < -0.39 is 0 Å². The van der Waals surface area contributed by atoms with E-state index in [0.717, 1.165) is 27.6 Å². The van der Waals surface area contributed by atoms with Gasteiger partial charge in [0.1, 0.15) is 0 Å². The first-order chi connectivity index (χ1) is 7.61. The first-order valence-electron chi connectivity index (χ1n) is 5.54. The topological polar surface area (TPSA) is 42.2 Å². The van der Waals surface area contributed by atoms with E-state index >= 15 is 0 Å². The van der Waals surface area contributed by atoms with Crippen molar-refractivity contribution in [3.05, 3.63) is 18.2 Å². The third-order valence-corrected chi connectivity index (χ3v) is 3.67. The standard InChI is InChI=1S/C12H17N3S/c1-4-15(8(2)3)12-14-10-6-5-9(13)7-11(10)16-12/h5-8H,4,13H2,1-3H3. The number of fused-ring (bicyclic) bond motifs is 1. The minimum Gasteiger partial charge on any atom is -0.399 e. The highest BCUT2D eigenvalue weighted by atomic mass is 32.1. The molecule has 0 bridgehead atoms. The van der Waals surface area contributed by atoms with Crippen LogP contribution in [0.2, 0.25) is 0 Å². The van der Waals surface area contributed by atoms with Crippen molar-refractivity contribution in [3.63, 3.8) is 0 Å². The molecule has 0 atom stereocenters. The van der Waals surface area contributed by atoms with Crippen molar-refractivity contribution < 1.29 is 0 Å². The minimum absolute atomic E-state index is 0.475. The number of hydrogen-bond donors (Lipinski definition) is 1. The van der Waals surface area contributed by atoms with Crippen LogP contribution in [0.15, 0.2) is 18.2 Å². The number of nitrogen functional groups attached to an aromatic ring is 1. The van der Waals surface area contributed by atoms with Crippen LogP contribution in [0.5, 0.6) is 0 Å². The van der Waals surface area contributed by atoms with Crippen LogP contribution in [0.4, 0.5) is 10.8 Å². The Morgan fingerprint density at radius 1 is 1.44 bits per heavy atom. The molecule has 3 nitrogen and oxygen atoms in total. The molecule has 4 heteroatoms. The molecular weight excluding hydrogens is 218 g/mol. The van der Waals surface area contributed by atoms with Crippen LogP contribution in [0.3, 0.4) is 0 Å². The van der Waals surface area contributed by atoms with E-state index in [1.165, 1.54) is 0 Å². The van der Waals surface area contributed by atoms with E-state index in [1.54, 1.807) is 11.3 Å². The zero-order valence-corrected chi connectivity index (χ0v) is 10.7. The van der Waals surface area contributed by atoms with Gasteiger partial charge in [0.15, 0.2) is 5.13 Å². The van der Waals surface area contributed by atoms with Gasteiger partial charge in [-0.3, -0.25) is 0 Å². The Morgan fingerprint density at radius 3 is 2.81 bits per heavy atom. The molecule has 1 aromatic carbocycles. The average molecular weight is 235 g/mol. The molecule has 16 heavy (non-hydrogen) atoms. The smallest absolute Gasteiger partial charge is 0.186 e. The predicted octanol–water partition coefficient (Wildman–Crippen LogP) is 3.11. The summed E-state index contributed by atoms with van der Waals surface area (Å²) in [5.74, 6) is 0. The van der Waals surface area contributed by atoms with Gasteiger partial charge in [0, 0.05) is 18.3 Å². The highest BCUT2D eigenvalue weighted by Gasteiger charge is 2.13. The lowest BCUT2D eigenvalue weighted by molar-refractivity contribution is 0.702. The summed E-state index contributed by atoms with van der Waals surface area (Å²) >= 11 is 1.71. The van der Waals surface area contributed by atoms with Gasteiger partial charge in [-0.1, -0.05) is 11.3 Å². The van der Waals surface area contributed by atoms with Gasteiger partial charge in [-0.05, 0) is 39.0 Å². The SMILES string of the molecule is CCN(c1nc2ccc(N)cc2s1)C(C)C. The van der Waals surface area contributed by atoms with E-state index in [-0.39, 0.29) is 0 Å². The van der Waals surface area contributed by atoms with E-state index in [4.69, 9.17) is 5.73 Å². The molecule has 0 radical (unpaired) electrons. The number of anilines is 2. The Balaban J connectivity index is 2.45. The van der Waals surface area contributed by atoms with Crippen molar-refractivity contribution >= 4 is 32.4 Å². The summed E-state index contributed by atoms with van der Waals surface area (Å²) in [6, 6.07) is 6.35. The maximum Gasteiger partial charge on any atom is 0.186 e. The number of nitrogens with zero attached hydrogens (tertiary/aromatic N) is 2. The number of rotatable bonds is 3. The lowest BCUT2D eigenvalue weighted by Crippen LogP contribution is -2.30. The molecule has 0 unspecified atom stereocenters. The molecule has 1 aromatic heterocycles. The Morgan fingerprint density at radius 2 is 2.19 bits per heavy atom. The molecule has 0 saturated heterocycles. The Kier molecular flexibility index (Phi) is 3.01. The molecule has 0 aliphatic carbocycles. The van der Waals surface area contributed by atoms with Gasteiger partial charge in [-0.15, -0.1) is 0 Å². The molecule has 86 valence electrons. The summed E-state index contributed by atoms with van der Waals surface area (Å²) in [5, 5.41) is 1.08. The predicted molar refractivity (Wildman–Crippen MR) is 72.2 cm³/mol. The third kappa shape index (κ3) is 1.97. The largest absolute Gasteiger partial charge is 0.399 e. The molecule has 2 N–H and O–H groups in total. The molecule has 2 rings (SSSR count). The van der Waals surface area contributed by atoms with Crippen LogP contribution in [-0.4, -0.2) is 17.6 Å². The number of hydrogen-bond acceptors (Lipinski definition) is 4. The highest BCUT2D eigenvalue weighted by Crippen LogP contribution is 2.30. The lowest BCUT2D eigenvalue weighted by Gasteiger charge is -2.23. The van der Waals surface area contributed by atoms with Crippen LogP contribution in [0, 0.1) is 0 Å². The van der Waals surface area contributed by atoms with Gasteiger partial charge in [0.25, 0.3) is 0 Å². The molecule has 2 aromatic rings.